The van der Waals surface area contributed by atoms with Gasteiger partial charge < -0.3 is 10.0 Å². The molecule has 0 radical (unpaired) electrons. The number of aliphatic carboxylic acids is 1. The van der Waals surface area contributed by atoms with Crippen LogP contribution in [-0.4, -0.2) is 33.6 Å². The van der Waals surface area contributed by atoms with Gasteiger partial charge in [-0.3, -0.25) is 0 Å². The lowest BCUT2D eigenvalue weighted by Crippen LogP contribution is -2.45. The van der Waals surface area contributed by atoms with Crippen molar-refractivity contribution in [1.82, 2.24) is 9.97 Å². The van der Waals surface area contributed by atoms with Crippen LogP contribution in [0.15, 0.2) is 18.6 Å². The monoisotopic (exact) mass is 207 g/mol. The molecular weight excluding hydrogens is 194 g/mol. The maximum absolute atomic E-state index is 11.1. The first-order valence-electron chi connectivity index (χ1n) is 5.04. The molecule has 0 spiro atoms. The Labute approximate surface area is 87.8 Å². The van der Waals surface area contributed by atoms with Crippen molar-refractivity contribution >= 4 is 11.8 Å². The lowest BCUT2D eigenvalue weighted by atomic mass is 10.0. The van der Waals surface area contributed by atoms with Gasteiger partial charge in [-0.1, -0.05) is 0 Å². The second-order valence-electron chi connectivity index (χ2n) is 3.61. The van der Waals surface area contributed by atoms with Gasteiger partial charge in [0.15, 0.2) is 0 Å². The molecule has 0 bridgehead atoms. The number of hydrogen-bond acceptors (Lipinski definition) is 4. The van der Waals surface area contributed by atoms with Gasteiger partial charge in [0.2, 0.25) is 0 Å². The highest BCUT2D eigenvalue weighted by Crippen LogP contribution is 2.22. The van der Waals surface area contributed by atoms with Gasteiger partial charge in [0.05, 0.1) is 0 Å². The molecule has 80 valence electrons. The summed E-state index contributed by atoms with van der Waals surface area (Å²) in [6.07, 6.45) is 5.77. The summed E-state index contributed by atoms with van der Waals surface area (Å²) in [5.74, 6) is -0.0644. The third-order valence-corrected chi connectivity index (χ3v) is 2.65. The van der Waals surface area contributed by atoms with Crippen molar-refractivity contribution in [2.75, 3.05) is 11.4 Å². The first kappa shape index (κ1) is 9.89. The fourth-order valence-corrected chi connectivity index (χ4v) is 1.92. The average molecular weight is 207 g/mol. The fraction of sp³-hybridized carbons (Fsp3) is 0.500. The highest BCUT2D eigenvalue weighted by Gasteiger charge is 2.28. The van der Waals surface area contributed by atoms with Crippen molar-refractivity contribution in [2.45, 2.75) is 25.3 Å². The average Bonchev–Trinajstić information content (AvgIpc) is 2.30. The van der Waals surface area contributed by atoms with E-state index in [2.05, 4.69) is 9.97 Å². The van der Waals surface area contributed by atoms with Crippen molar-refractivity contribution in [3.63, 3.8) is 0 Å². The van der Waals surface area contributed by atoms with Gasteiger partial charge in [-0.25, -0.2) is 14.8 Å². The molecule has 2 rings (SSSR count). The molecule has 1 unspecified atom stereocenters. The van der Waals surface area contributed by atoms with Crippen LogP contribution in [0.25, 0.3) is 0 Å². The highest BCUT2D eigenvalue weighted by atomic mass is 16.4. The number of carboxylic acids is 1. The van der Waals surface area contributed by atoms with E-state index in [1.165, 1.54) is 6.33 Å². The molecule has 0 aromatic carbocycles. The minimum Gasteiger partial charge on any atom is -0.480 e. The Morgan fingerprint density at radius 1 is 1.53 bits per heavy atom. The second-order valence-corrected chi connectivity index (χ2v) is 3.61. The first-order valence-corrected chi connectivity index (χ1v) is 5.04. The lowest BCUT2D eigenvalue weighted by Gasteiger charge is -2.33. The van der Waals surface area contributed by atoms with E-state index < -0.39 is 12.0 Å². The topological polar surface area (TPSA) is 66.3 Å². The van der Waals surface area contributed by atoms with Gasteiger partial charge in [0.1, 0.15) is 18.2 Å². The standard InChI is InChI=1S/C10H13N3O2/c14-10(15)8-3-1-2-6-13(8)9-4-5-11-7-12-9/h4-5,7-8H,1-3,6H2,(H,14,15). The summed E-state index contributed by atoms with van der Waals surface area (Å²) in [5, 5.41) is 9.08. The summed E-state index contributed by atoms with van der Waals surface area (Å²) >= 11 is 0. The predicted octanol–water partition coefficient (Wildman–Crippen LogP) is 0.920. The van der Waals surface area contributed by atoms with Crippen molar-refractivity contribution in [1.29, 1.82) is 0 Å². The Kier molecular flexibility index (Phi) is 2.80. The lowest BCUT2D eigenvalue weighted by molar-refractivity contribution is -0.139. The number of carbonyl (C=O) groups is 1. The molecule has 1 saturated heterocycles. The number of hydrogen-bond donors (Lipinski definition) is 1. The zero-order valence-corrected chi connectivity index (χ0v) is 8.33. The van der Waals surface area contributed by atoms with Gasteiger partial charge in [-0.05, 0) is 25.3 Å². The Balaban J connectivity index is 2.22. The molecule has 1 atom stereocenters. The third kappa shape index (κ3) is 2.06. The molecule has 0 saturated carbocycles. The Hall–Kier alpha value is -1.65. The highest BCUT2D eigenvalue weighted by molar-refractivity contribution is 5.77. The van der Waals surface area contributed by atoms with Crippen LogP contribution in [0, 0.1) is 0 Å². The van der Waals surface area contributed by atoms with Crippen LogP contribution in [0.1, 0.15) is 19.3 Å². The van der Waals surface area contributed by atoms with Gasteiger partial charge in [-0.2, -0.15) is 0 Å². The molecule has 15 heavy (non-hydrogen) atoms. The summed E-state index contributed by atoms with van der Waals surface area (Å²) in [6.45, 7) is 0.758. The number of anilines is 1. The first-order chi connectivity index (χ1) is 7.29. The van der Waals surface area contributed by atoms with E-state index in [4.69, 9.17) is 5.11 Å². The number of piperidine rings is 1. The third-order valence-electron chi connectivity index (χ3n) is 2.65. The van der Waals surface area contributed by atoms with Gasteiger partial charge >= 0.3 is 5.97 Å². The predicted molar refractivity (Wildman–Crippen MR) is 54.7 cm³/mol. The molecule has 1 N–H and O–H groups in total. The maximum Gasteiger partial charge on any atom is 0.326 e. The molecule has 1 aliphatic heterocycles. The van der Waals surface area contributed by atoms with E-state index in [0.29, 0.717) is 12.2 Å². The van der Waals surface area contributed by atoms with Gasteiger partial charge in [0.25, 0.3) is 0 Å². The molecule has 1 aromatic heterocycles. The van der Waals surface area contributed by atoms with Crippen LogP contribution in [0.4, 0.5) is 5.82 Å². The number of carboxylic acid groups (broad SMARTS) is 1. The van der Waals surface area contributed by atoms with Crippen LogP contribution in [0.2, 0.25) is 0 Å². The van der Waals surface area contributed by atoms with Crippen LogP contribution in [0.3, 0.4) is 0 Å². The summed E-state index contributed by atoms with van der Waals surface area (Å²) in [4.78, 5) is 20.8. The zero-order valence-electron chi connectivity index (χ0n) is 8.33. The van der Waals surface area contributed by atoms with Crippen LogP contribution in [-0.2, 0) is 4.79 Å². The molecule has 2 heterocycles. The van der Waals surface area contributed by atoms with E-state index in [1.807, 2.05) is 4.90 Å². The molecule has 5 nitrogen and oxygen atoms in total. The summed E-state index contributed by atoms with van der Waals surface area (Å²) < 4.78 is 0. The van der Waals surface area contributed by atoms with E-state index in [1.54, 1.807) is 12.3 Å². The van der Waals surface area contributed by atoms with Crippen LogP contribution < -0.4 is 4.90 Å². The van der Waals surface area contributed by atoms with Gasteiger partial charge in [0, 0.05) is 12.7 Å². The molecule has 1 aromatic rings. The van der Waals surface area contributed by atoms with Crippen LogP contribution in [0.5, 0.6) is 0 Å². The molecule has 1 fully saturated rings. The van der Waals surface area contributed by atoms with E-state index in [9.17, 15) is 4.79 Å². The molecule has 0 aliphatic carbocycles. The van der Waals surface area contributed by atoms with Gasteiger partial charge in [-0.15, -0.1) is 0 Å². The normalized spacial score (nSPS) is 21.3. The van der Waals surface area contributed by atoms with Crippen molar-refractivity contribution in [2.24, 2.45) is 0 Å². The Bertz CT molecular complexity index is 342. The van der Waals surface area contributed by atoms with Crippen molar-refractivity contribution in [3.05, 3.63) is 18.6 Å². The second kappa shape index (κ2) is 4.25. The molecule has 1 aliphatic rings. The number of nitrogens with zero attached hydrogens (tertiary/aromatic N) is 3. The van der Waals surface area contributed by atoms with E-state index in [0.717, 1.165) is 19.4 Å². The zero-order chi connectivity index (χ0) is 10.7. The number of aromatic nitrogens is 2. The largest absolute Gasteiger partial charge is 0.480 e. The molecular formula is C10H13N3O2. The quantitative estimate of drug-likeness (QED) is 0.781. The Morgan fingerprint density at radius 2 is 2.40 bits per heavy atom. The minimum atomic E-state index is -0.770. The summed E-state index contributed by atoms with van der Waals surface area (Å²) in [6, 6.07) is 1.31. The maximum atomic E-state index is 11.1. The smallest absolute Gasteiger partial charge is 0.326 e. The molecule has 5 heteroatoms. The van der Waals surface area contributed by atoms with Crippen molar-refractivity contribution < 1.29 is 9.90 Å². The molecule has 0 amide bonds. The Morgan fingerprint density at radius 3 is 3.07 bits per heavy atom. The summed E-state index contributed by atoms with van der Waals surface area (Å²) in [5.41, 5.74) is 0. The summed E-state index contributed by atoms with van der Waals surface area (Å²) in [7, 11) is 0. The SMILES string of the molecule is O=C(O)C1CCCCN1c1ccncn1. The number of rotatable bonds is 2. The fourth-order valence-electron chi connectivity index (χ4n) is 1.92. The van der Waals surface area contributed by atoms with E-state index >= 15 is 0 Å². The minimum absolute atomic E-state index is 0.436. The van der Waals surface area contributed by atoms with Crippen molar-refractivity contribution in [3.8, 4) is 0 Å². The van der Waals surface area contributed by atoms with Crippen LogP contribution >= 0.6 is 0 Å². The van der Waals surface area contributed by atoms with E-state index in [-0.39, 0.29) is 0 Å².